The van der Waals surface area contributed by atoms with E-state index in [1.807, 2.05) is 46.7 Å². The summed E-state index contributed by atoms with van der Waals surface area (Å²) in [5.41, 5.74) is 3.73. The SMILES string of the molecule is Cc1cc2nc(-c3ccccc3)cc(NCCN3CCCC3=O)n2n1. The van der Waals surface area contributed by atoms with Crippen molar-refractivity contribution in [3.8, 4) is 11.3 Å². The molecule has 1 aromatic carbocycles. The largest absolute Gasteiger partial charge is 0.368 e. The molecule has 128 valence electrons. The number of carbonyl (C=O) groups excluding carboxylic acids is 1. The van der Waals surface area contributed by atoms with Crippen molar-refractivity contribution in [1.29, 1.82) is 0 Å². The molecule has 0 spiro atoms. The van der Waals surface area contributed by atoms with Gasteiger partial charge in [0, 0.05) is 43.8 Å². The Morgan fingerprint density at radius 2 is 2.04 bits per heavy atom. The molecular weight excluding hydrogens is 314 g/mol. The molecule has 0 radical (unpaired) electrons. The van der Waals surface area contributed by atoms with Crippen molar-refractivity contribution in [3.63, 3.8) is 0 Å². The van der Waals surface area contributed by atoms with E-state index in [9.17, 15) is 4.79 Å². The van der Waals surface area contributed by atoms with Crippen molar-refractivity contribution >= 4 is 17.4 Å². The summed E-state index contributed by atoms with van der Waals surface area (Å²) in [5, 5.41) is 7.95. The Morgan fingerprint density at radius 3 is 2.80 bits per heavy atom. The average molecular weight is 335 g/mol. The molecule has 6 nitrogen and oxygen atoms in total. The predicted octanol–water partition coefficient (Wildman–Crippen LogP) is 2.74. The Hall–Kier alpha value is -2.89. The Labute approximate surface area is 146 Å². The monoisotopic (exact) mass is 335 g/mol. The molecule has 1 aliphatic heterocycles. The third-order valence-electron chi connectivity index (χ3n) is 4.48. The molecule has 1 aliphatic rings. The van der Waals surface area contributed by atoms with E-state index in [1.54, 1.807) is 0 Å². The van der Waals surface area contributed by atoms with Crippen LogP contribution < -0.4 is 5.32 Å². The summed E-state index contributed by atoms with van der Waals surface area (Å²) in [6.45, 7) is 4.23. The highest BCUT2D eigenvalue weighted by Gasteiger charge is 2.19. The van der Waals surface area contributed by atoms with Gasteiger partial charge in [-0.1, -0.05) is 30.3 Å². The van der Waals surface area contributed by atoms with E-state index in [-0.39, 0.29) is 5.91 Å². The zero-order valence-corrected chi connectivity index (χ0v) is 14.3. The van der Waals surface area contributed by atoms with Gasteiger partial charge in [-0.3, -0.25) is 4.79 Å². The Kier molecular flexibility index (Phi) is 4.09. The van der Waals surface area contributed by atoms with E-state index >= 15 is 0 Å². The van der Waals surface area contributed by atoms with Gasteiger partial charge in [-0.25, -0.2) is 4.98 Å². The molecule has 0 unspecified atom stereocenters. The lowest BCUT2D eigenvalue weighted by molar-refractivity contribution is -0.127. The second kappa shape index (κ2) is 6.55. The fourth-order valence-corrected chi connectivity index (χ4v) is 3.23. The zero-order chi connectivity index (χ0) is 17.2. The summed E-state index contributed by atoms with van der Waals surface area (Å²) in [4.78, 5) is 18.4. The summed E-state index contributed by atoms with van der Waals surface area (Å²) >= 11 is 0. The van der Waals surface area contributed by atoms with Gasteiger partial charge in [0.15, 0.2) is 5.65 Å². The minimum Gasteiger partial charge on any atom is -0.368 e. The highest BCUT2D eigenvalue weighted by molar-refractivity contribution is 5.78. The van der Waals surface area contributed by atoms with E-state index in [1.165, 1.54) is 0 Å². The fourth-order valence-electron chi connectivity index (χ4n) is 3.23. The smallest absolute Gasteiger partial charge is 0.222 e. The zero-order valence-electron chi connectivity index (χ0n) is 14.3. The normalized spacial score (nSPS) is 14.4. The number of benzene rings is 1. The van der Waals surface area contributed by atoms with Crippen molar-refractivity contribution in [3.05, 3.63) is 48.2 Å². The number of rotatable bonds is 5. The molecule has 3 aromatic rings. The highest BCUT2D eigenvalue weighted by atomic mass is 16.2. The van der Waals surface area contributed by atoms with Crippen molar-refractivity contribution in [1.82, 2.24) is 19.5 Å². The van der Waals surface area contributed by atoms with Crippen LogP contribution in [0.4, 0.5) is 5.82 Å². The van der Waals surface area contributed by atoms with E-state index in [0.717, 1.165) is 41.4 Å². The molecule has 1 fully saturated rings. The van der Waals surface area contributed by atoms with Crippen LogP contribution in [0.2, 0.25) is 0 Å². The molecule has 1 amide bonds. The number of aromatic nitrogens is 3. The topological polar surface area (TPSA) is 62.5 Å². The van der Waals surface area contributed by atoms with Crippen LogP contribution in [-0.4, -0.2) is 45.0 Å². The van der Waals surface area contributed by atoms with Crippen LogP contribution in [0, 0.1) is 6.92 Å². The molecule has 0 saturated carbocycles. The van der Waals surface area contributed by atoms with Gasteiger partial charge in [0.2, 0.25) is 5.91 Å². The highest BCUT2D eigenvalue weighted by Crippen LogP contribution is 2.22. The summed E-state index contributed by atoms with van der Waals surface area (Å²) in [6.07, 6.45) is 1.64. The number of nitrogens with one attached hydrogen (secondary N) is 1. The fraction of sp³-hybridized carbons (Fsp3) is 0.316. The first kappa shape index (κ1) is 15.6. The minimum absolute atomic E-state index is 0.251. The summed E-state index contributed by atoms with van der Waals surface area (Å²) in [6, 6.07) is 14.1. The summed E-state index contributed by atoms with van der Waals surface area (Å²) in [7, 11) is 0. The van der Waals surface area contributed by atoms with Crippen LogP contribution in [0.5, 0.6) is 0 Å². The van der Waals surface area contributed by atoms with Crippen LogP contribution in [0.1, 0.15) is 18.5 Å². The van der Waals surface area contributed by atoms with Gasteiger partial charge in [0.25, 0.3) is 0 Å². The van der Waals surface area contributed by atoms with Crippen molar-refractivity contribution in [2.24, 2.45) is 0 Å². The van der Waals surface area contributed by atoms with Gasteiger partial charge >= 0.3 is 0 Å². The molecule has 2 aromatic heterocycles. The molecule has 1 N–H and O–H groups in total. The molecule has 25 heavy (non-hydrogen) atoms. The van der Waals surface area contributed by atoms with Gasteiger partial charge in [-0.15, -0.1) is 0 Å². The number of hydrogen-bond donors (Lipinski definition) is 1. The predicted molar refractivity (Wildman–Crippen MR) is 97.5 cm³/mol. The van der Waals surface area contributed by atoms with Crippen LogP contribution >= 0.6 is 0 Å². The van der Waals surface area contributed by atoms with Crippen LogP contribution in [0.15, 0.2) is 42.5 Å². The first-order chi connectivity index (χ1) is 12.2. The Bertz CT molecular complexity index is 903. The molecular formula is C19H21N5O. The second-order valence-electron chi connectivity index (χ2n) is 6.36. The average Bonchev–Trinajstić information content (AvgIpc) is 3.20. The standard InChI is InChI=1S/C19H21N5O/c1-14-12-18-21-16(15-6-3-2-4-7-15)13-17(24(18)22-14)20-9-11-23-10-5-8-19(23)25/h2-4,6-7,12-13,20H,5,8-11H2,1H3. The first-order valence-electron chi connectivity index (χ1n) is 8.65. The number of fused-ring (bicyclic) bond motifs is 1. The number of anilines is 1. The van der Waals surface area contributed by atoms with Gasteiger partial charge in [0.05, 0.1) is 11.4 Å². The minimum atomic E-state index is 0.251. The number of likely N-dealkylation sites (tertiary alicyclic amines) is 1. The number of amides is 1. The van der Waals surface area contributed by atoms with E-state index in [2.05, 4.69) is 22.5 Å². The lowest BCUT2D eigenvalue weighted by Crippen LogP contribution is -2.30. The number of carbonyl (C=O) groups is 1. The van der Waals surface area contributed by atoms with Crippen LogP contribution in [0.3, 0.4) is 0 Å². The maximum Gasteiger partial charge on any atom is 0.222 e. The van der Waals surface area contributed by atoms with Gasteiger partial charge in [-0.05, 0) is 13.3 Å². The van der Waals surface area contributed by atoms with E-state index in [4.69, 9.17) is 4.98 Å². The Balaban J connectivity index is 1.61. The maximum atomic E-state index is 11.7. The molecule has 0 atom stereocenters. The van der Waals surface area contributed by atoms with E-state index in [0.29, 0.717) is 19.5 Å². The quantitative estimate of drug-likeness (QED) is 0.779. The third-order valence-corrected chi connectivity index (χ3v) is 4.48. The van der Waals surface area contributed by atoms with Crippen LogP contribution in [-0.2, 0) is 4.79 Å². The lowest BCUT2D eigenvalue weighted by Gasteiger charge is -2.17. The second-order valence-corrected chi connectivity index (χ2v) is 6.36. The van der Waals surface area contributed by atoms with Gasteiger partial charge < -0.3 is 10.2 Å². The molecule has 6 heteroatoms. The van der Waals surface area contributed by atoms with Crippen molar-refractivity contribution in [2.75, 3.05) is 25.0 Å². The summed E-state index contributed by atoms with van der Waals surface area (Å²) in [5.74, 6) is 1.14. The first-order valence-corrected chi connectivity index (χ1v) is 8.65. The lowest BCUT2D eigenvalue weighted by atomic mass is 10.1. The van der Waals surface area contributed by atoms with Crippen molar-refractivity contribution < 1.29 is 4.79 Å². The molecule has 1 saturated heterocycles. The molecule has 4 rings (SSSR count). The third kappa shape index (κ3) is 3.20. The van der Waals surface area contributed by atoms with Crippen LogP contribution in [0.25, 0.3) is 16.9 Å². The van der Waals surface area contributed by atoms with Gasteiger partial charge in [-0.2, -0.15) is 9.61 Å². The molecule has 0 aliphatic carbocycles. The molecule has 3 heterocycles. The van der Waals surface area contributed by atoms with Gasteiger partial charge in [0.1, 0.15) is 5.82 Å². The number of aryl methyl sites for hydroxylation is 1. The molecule has 0 bridgehead atoms. The number of nitrogens with zero attached hydrogens (tertiary/aromatic N) is 4. The summed E-state index contributed by atoms with van der Waals surface area (Å²) < 4.78 is 1.83. The number of hydrogen-bond acceptors (Lipinski definition) is 4. The maximum absolute atomic E-state index is 11.7. The Morgan fingerprint density at radius 1 is 1.20 bits per heavy atom. The van der Waals surface area contributed by atoms with E-state index < -0.39 is 0 Å². The van der Waals surface area contributed by atoms with Crippen molar-refractivity contribution in [2.45, 2.75) is 19.8 Å².